The lowest BCUT2D eigenvalue weighted by molar-refractivity contribution is 0.291. The Morgan fingerprint density at radius 2 is 2.40 bits per heavy atom. The van der Waals surface area contributed by atoms with E-state index in [1.165, 1.54) is 6.42 Å². The molecule has 1 aromatic heterocycles. The molecule has 10 heavy (non-hydrogen) atoms. The molecule has 1 N–H and O–H groups in total. The van der Waals surface area contributed by atoms with Gasteiger partial charge in [-0.1, -0.05) is 6.42 Å². The largest absolute Gasteiger partial charge is 0.377 e. The number of rotatable bonds is 1. The van der Waals surface area contributed by atoms with E-state index in [1.807, 2.05) is 0 Å². The number of H-pyrrole nitrogens is 1. The molecule has 0 radical (unpaired) electrons. The molecule has 0 atom stereocenters. The molecule has 0 saturated heterocycles. The van der Waals surface area contributed by atoms with Gasteiger partial charge in [0.05, 0.1) is 0 Å². The van der Waals surface area contributed by atoms with E-state index in [4.69, 9.17) is 4.52 Å². The monoisotopic (exact) mass is 140 g/mol. The lowest BCUT2D eigenvalue weighted by atomic mass is 9.85. The van der Waals surface area contributed by atoms with Crippen LogP contribution in [-0.4, -0.2) is 10.1 Å². The van der Waals surface area contributed by atoms with Crippen molar-refractivity contribution in [2.75, 3.05) is 0 Å². The Balaban J connectivity index is 2.25. The van der Waals surface area contributed by atoms with E-state index in [0.717, 1.165) is 12.8 Å². The maximum Gasteiger partial charge on any atom is 0.377 e. The highest BCUT2D eigenvalue weighted by atomic mass is 16.5. The summed E-state index contributed by atoms with van der Waals surface area (Å²) in [6, 6.07) is 0. The quantitative estimate of drug-likeness (QED) is 0.622. The van der Waals surface area contributed by atoms with Crippen molar-refractivity contribution in [3.63, 3.8) is 0 Å². The van der Waals surface area contributed by atoms with Gasteiger partial charge in [-0.2, -0.15) is 10.1 Å². The summed E-state index contributed by atoms with van der Waals surface area (Å²) in [6.45, 7) is 0. The van der Waals surface area contributed by atoms with Gasteiger partial charge in [0, 0.05) is 5.92 Å². The van der Waals surface area contributed by atoms with Gasteiger partial charge in [0.25, 0.3) is 0 Å². The molecule has 1 aromatic rings. The van der Waals surface area contributed by atoms with Gasteiger partial charge >= 0.3 is 5.69 Å². The first-order valence-corrected chi connectivity index (χ1v) is 3.41. The minimum absolute atomic E-state index is 0.373. The van der Waals surface area contributed by atoms with Crippen LogP contribution in [0.2, 0.25) is 0 Å². The van der Waals surface area contributed by atoms with Crippen molar-refractivity contribution in [2.24, 2.45) is 0 Å². The number of nitrogens with one attached hydrogen (secondary N) is 1. The Hall–Kier alpha value is -1.06. The first kappa shape index (κ1) is 5.70. The summed E-state index contributed by atoms with van der Waals surface area (Å²) >= 11 is 0. The third kappa shape index (κ3) is 0.761. The lowest BCUT2D eigenvalue weighted by Crippen LogP contribution is -2.10. The van der Waals surface area contributed by atoms with E-state index >= 15 is 0 Å². The minimum Gasteiger partial charge on any atom is -0.362 e. The second-order valence-corrected chi connectivity index (χ2v) is 2.59. The fourth-order valence-corrected chi connectivity index (χ4v) is 1.07. The number of aromatic amines is 1. The second-order valence-electron chi connectivity index (χ2n) is 2.59. The van der Waals surface area contributed by atoms with Gasteiger partial charge in [0.1, 0.15) is 0 Å². The van der Waals surface area contributed by atoms with Crippen LogP contribution in [-0.2, 0) is 0 Å². The highest BCUT2D eigenvalue weighted by molar-refractivity contribution is 4.94. The molecule has 0 aliphatic heterocycles. The second kappa shape index (κ2) is 1.97. The van der Waals surface area contributed by atoms with Crippen molar-refractivity contribution in [3.05, 3.63) is 16.4 Å². The SMILES string of the molecule is O=c1nc(C2CCC2)o[nH]1. The summed E-state index contributed by atoms with van der Waals surface area (Å²) in [6.07, 6.45) is 3.43. The molecule has 1 aliphatic rings. The highest BCUT2D eigenvalue weighted by Crippen LogP contribution is 2.34. The molecule has 0 bridgehead atoms. The zero-order valence-electron chi connectivity index (χ0n) is 5.46. The molecular formula is C6H8N2O2. The smallest absolute Gasteiger partial charge is 0.362 e. The molecule has 0 amide bonds. The van der Waals surface area contributed by atoms with Gasteiger partial charge in [0.2, 0.25) is 5.89 Å². The van der Waals surface area contributed by atoms with Crippen molar-refractivity contribution in [2.45, 2.75) is 25.2 Å². The standard InChI is InChI=1S/C6H8N2O2/c9-6-7-5(10-8-6)4-2-1-3-4/h4H,1-3H2,(H,8,9). The van der Waals surface area contributed by atoms with E-state index in [1.54, 1.807) is 0 Å². The van der Waals surface area contributed by atoms with Crippen LogP contribution in [0.3, 0.4) is 0 Å². The molecule has 54 valence electrons. The fraction of sp³-hybridized carbons (Fsp3) is 0.667. The van der Waals surface area contributed by atoms with E-state index in [2.05, 4.69) is 10.1 Å². The highest BCUT2D eigenvalue weighted by Gasteiger charge is 2.24. The molecule has 4 nitrogen and oxygen atoms in total. The Labute approximate surface area is 57.2 Å². The maximum absolute atomic E-state index is 10.5. The van der Waals surface area contributed by atoms with Crippen LogP contribution in [0.5, 0.6) is 0 Å². The third-order valence-corrected chi connectivity index (χ3v) is 1.91. The van der Waals surface area contributed by atoms with E-state index in [-0.39, 0.29) is 5.69 Å². The van der Waals surface area contributed by atoms with Gasteiger partial charge in [-0.15, -0.1) is 0 Å². The molecule has 1 fully saturated rings. The van der Waals surface area contributed by atoms with E-state index in [0.29, 0.717) is 11.8 Å². The molecule has 0 spiro atoms. The molecule has 1 aliphatic carbocycles. The average Bonchev–Trinajstić information content (AvgIpc) is 2.10. The van der Waals surface area contributed by atoms with Gasteiger partial charge in [-0.05, 0) is 12.8 Å². The molecule has 0 aromatic carbocycles. The summed E-state index contributed by atoms with van der Waals surface area (Å²) in [4.78, 5) is 14.1. The molecule has 1 heterocycles. The van der Waals surface area contributed by atoms with Crippen LogP contribution >= 0.6 is 0 Å². The third-order valence-electron chi connectivity index (χ3n) is 1.91. The minimum atomic E-state index is -0.373. The molecule has 4 heteroatoms. The Bertz CT molecular complexity index is 271. The Morgan fingerprint density at radius 1 is 1.60 bits per heavy atom. The van der Waals surface area contributed by atoms with Gasteiger partial charge in [-0.3, -0.25) is 0 Å². The number of nitrogens with zero attached hydrogens (tertiary/aromatic N) is 1. The van der Waals surface area contributed by atoms with Crippen molar-refractivity contribution in [3.8, 4) is 0 Å². The van der Waals surface area contributed by atoms with Crippen LogP contribution < -0.4 is 5.69 Å². The van der Waals surface area contributed by atoms with Crippen LogP contribution in [0.4, 0.5) is 0 Å². The number of aromatic nitrogens is 2. The van der Waals surface area contributed by atoms with Crippen molar-refractivity contribution in [1.82, 2.24) is 10.1 Å². The Kier molecular flexibility index (Phi) is 1.12. The maximum atomic E-state index is 10.5. The summed E-state index contributed by atoms with van der Waals surface area (Å²) in [7, 11) is 0. The molecule has 2 rings (SSSR count). The summed E-state index contributed by atoms with van der Waals surface area (Å²) in [5.74, 6) is 0.982. The van der Waals surface area contributed by atoms with E-state index < -0.39 is 0 Å². The fourth-order valence-electron chi connectivity index (χ4n) is 1.07. The summed E-state index contributed by atoms with van der Waals surface area (Å²) in [5, 5.41) is 2.18. The number of hydrogen-bond donors (Lipinski definition) is 1. The topological polar surface area (TPSA) is 58.9 Å². The predicted molar refractivity (Wildman–Crippen MR) is 33.7 cm³/mol. The first-order chi connectivity index (χ1) is 4.86. The molecule has 0 unspecified atom stereocenters. The van der Waals surface area contributed by atoms with Crippen LogP contribution in [0.15, 0.2) is 9.32 Å². The van der Waals surface area contributed by atoms with Crippen molar-refractivity contribution >= 4 is 0 Å². The molecule has 1 saturated carbocycles. The summed E-state index contributed by atoms with van der Waals surface area (Å²) < 4.78 is 4.82. The Morgan fingerprint density at radius 3 is 2.80 bits per heavy atom. The first-order valence-electron chi connectivity index (χ1n) is 3.41. The van der Waals surface area contributed by atoms with Crippen LogP contribution in [0, 0.1) is 0 Å². The van der Waals surface area contributed by atoms with Crippen molar-refractivity contribution in [1.29, 1.82) is 0 Å². The van der Waals surface area contributed by atoms with Gasteiger partial charge in [-0.25, -0.2) is 4.79 Å². The lowest BCUT2D eigenvalue weighted by Gasteiger charge is -2.20. The normalized spacial score (nSPS) is 18.8. The average molecular weight is 140 g/mol. The van der Waals surface area contributed by atoms with Crippen LogP contribution in [0.25, 0.3) is 0 Å². The van der Waals surface area contributed by atoms with Gasteiger partial charge in [0.15, 0.2) is 0 Å². The van der Waals surface area contributed by atoms with Gasteiger partial charge < -0.3 is 4.52 Å². The van der Waals surface area contributed by atoms with Crippen molar-refractivity contribution < 1.29 is 4.52 Å². The number of hydrogen-bond acceptors (Lipinski definition) is 3. The van der Waals surface area contributed by atoms with E-state index in [9.17, 15) is 4.79 Å². The zero-order valence-corrected chi connectivity index (χ0v) is 5.46. The predicted octanol–water partition coefficient (Wildman–Crippen LogP) is 0.630. The van der Waals surface area contributed by atoms with Crippen LogP contribution in [0.1, 0.15) is 31.1 Å². The summed E-state index contributed by atoms with van der Waals surface area (Å²) in [5.41, 5.74) is -0.373. The zero-order chi connectivity index (χ0) is 6.97. The molecular weight excluding hydrogens is 132 g/mol.